The van der Waals surface area contributed by atoms with Gasteiger partial charge in [-0.3, -0.25) is 29.5 Å². The quantitative estimate of drug-likeness (QED) is 0.1000. The molecule has 1 unspecified atom stereocenters. The summed E-state index contributed by atoms with van der Waals surface area (Å²) >= 11 is 6.52. The molecule has 0 saturated carbocycles. The van der Waals surface area contributed by atoms with Crippen molar-refractivity contribution in [1.29, 1.82) is 0 Å². The number of halogens is 2. The van der Waals surface area contributed by atoms with E-state index in [0.29, 0.717) is 64.0 Å². The maximum absolute atomic E-state index is 14.7. The van der Waals surface area contributed by atoms with Gasteiger partial charge in [-0.1, -0.05) is 30.7 Å². The number of piperazine rings is 1. The summed E-state index contributed by atoms with van der Waals surface area (Å²) in [6.07, 6.45) is 4.82. The highest BCUT2D eigenvalue weighted by atomic mass is 35.5. The Labute approximate surface area is 372 Å². The number of para-hydroxylation sites is 1. The van der Waals surface area contributed by atoms with Gasteiger partial charge in [-0.15, -0.1) is 0 Å². The molecule has 5 heterocycles. The normalized spacial score (nSPS) is 19.0. The number of amides is 3. The van der Waals surface area contributed by atoms with Crippen LogP contribution in [0.5, 0.6) is 11.5 Å². The van der Waals surface area contributed by atoms with Crippen LogP contribution in [0.4, 0.5) is 33.2 Å². The Morgan fingerprint density at radius 2 is 1.71 bits per heavy atom. The van der Waals surface area contributed by atoms with E-state index in [9.17, 15) is 23.3 Å². The topological polar surface area (TPSA) is 162 Å². The SMILES string of the molecule is CCc1cc(Nc2ncc(Cl)c(Nc3ccccc3P(C)(C)=O)n2)c(OC)cc1N1CCC(N2CCN(CCOc3cc(F)cc4c3CN(C3CCC(=O)NC3=O)C4=O)CC2)CC1. The molecule has 1 aromatic heterocycles. The number of piperidine rings is 2. The van der Waals surface area contributed by atoms with E-state index in [4.69, 9.17) is 21.1 Å². The number of carbonyl (C=O) groups excluding carboxylic acids is 3. The number of aromatic nitrogens is 2. The molecule has 15 nitrogen and oxygen atoms in total. The van der Waals surface area contributed by atoms with Crippen molar-refractivity contribution in [3.05, 3.63) is 82.3 Å². The van der Waals surface area contributed by atoms with Gasteiger partial charge in [0.25, 0.3) is 5.91 Å². The fraction of sp³-hybridized carbons (Fsp3) is 0.444. The van der Waals surface area contributed by atoms with Crippen LogP contribution >= 0.6 is 18.7 Å². The van der Waals surface area contributed by atoms with Crippen LogP contribution in [-0.4, -0.2) is 127 Å². The lowest BCUT2D eigenvalue weighted by Crippen LogP contribution is -2.53. The van der Waals surface area contributed by atoms with Crippen LogP contribution in [0.2, 0.25) is 5.02 Å². The maximum atomic E-state index is 14.7. The average Bonchev–Trinajstić information content (AvgIpc) is 3.59. The number of anilines is 5. The van der Waals surface area contributed by atoms with Crippen LogP contribution in [0.1, 0.15) is 54.1 Å². The maximum Gasteiger partial charge on any atom is 0.255 e. The van der Waals surface area contributed by atoms with E-state index in [1.807, 2.05) is 24.3 Å². The fourth-order valence-electron chi connectivity index (χ4n) is 9.10. The zero-order valence-electron chi connectivity index (χ0n) is 36.1. The summed E-state index contributed by atoms with van der Waals surface area (Å²) in [7, 11) is -0.913. The summed E-state index contributed by atoms with van der Waals surface area (Å²) in [4.78, 5) is 55.3. The van der Waals surface area contributed by atoms with Crippen LogP contribution in [0.15, 0.2) is 54.7 Å². The molecule has 3 N–H and O–H groups in total. The molecule has 3 amide bonds. The number of hydrogen-bond acceptors (Lipinski definition) is 13. The molecule has 3 aromatic carbocycles. The predicted octanol–water partition coefficient (Wildman–Crippen LogP) is 6.00. The largest absolute Gasteiger partial charge is 0.494 e. The smallest absolute Gasteiger partial charge is 0.255 e. The van der Waals surface area contributed by atoms with Crippen molar-refractivity contribution in [1.82, 2.24) is 30.0 Å². The van der Waals surface area contributed by atoms with Gasteiger partial charge < -0.3 is 34.5 Å². The van der Waals surface area contributed by atoms with Gasteiger partial charge in [-0.25, -0.2) is 9.37 Å². The lowest BCUT2D eigenvalue weighted by Gasteiger charge is -2.43. The molecular formula is C45H54ClFN9O6P. The minimum Gasteiger partial charge on any atom is -0.494 e. The van der Waals surface area contributed by atoms with Gasteiger partial charge in [-0.05, 0) is 68.8 Å². The third-order valence-electron chi connectivity index (χ3n) is 12.5. The number of fused-ring (bicyclic) bond motifs is 1. The third-order valence-corrected chi connectivity index (χ3v) is 14.3. The molecule has 0 radical (unpaired) electrons. The first kappa shape index (κ1) is 44.3. The fourth-order valence-corrected chi connectivity index (χ4v) is 10.4. The van der Waals surface area contributed by atoms with E-state index in [1.54, 1.807) is 20.4 Å². The summed E-state index contributed by atoms with van der Waals surface area (Å²) in [6, 6.07) is 13.8. The number of aryl methyl sites for hydroxylation is 1. The van der Waals surface area contributed by atoms with E-state index in [1.165, 1.54) is 28.8 Å². The summed E-state index contributed by atoms with van der Waals surface area (Å²) in [5.41, 5.74) is 4.52. The van der Waals surface area contributed by atoms with Crippen LogP contribution < -0.4 is 35.6 Å². The molecule has 4 aliphatic heterocycles. The van der Waals surface area contributed by atoms with Crippen LogP contribution in [-0.2, 0) is 27.1 Å². The van der Waals surface area contributed by atoms with Crippen LogP contribution in [0, 0.1) is 5.82 Å². The number of rotatable bonds is 14. The molecule has 4 aliphatic rings. The van der Waals surface area contributed by atoms with Gasteiger partial charge in [-0.2, -0.15) is 4.98 Å². The highest BCUT2D eigenvalue weighted by Gasteiger charge is 2.41. The molecule has 0 aliphatic carbocycles. The molecule has 334 valence electrons. The van der Waals surface area contributed by atoms with E-state index >= 15 is 0 Å². The Bertz CT molecular complexity index is 2440. The Morgan fingerprint density at radius 3 is 2.43 bits per heavy atom. The monoisotopic (exact) mass is 901 g/mol. The number of nitrogens with one attached hydrogen (secondary N) is 3. The van der Waals surface area contributed by atoms with Crippen molar-refractivity contribution in [2.24, 2.45) is 0 Å². The first-order chi connectivity index (χ1) is 30.3. The number of hydrogen-bond donors (Lipinski definition) is 3. The van der Waals surface area contributed by atoms with Crippen molar-refractivity contribution < 1.29 is 32.8 Å². The van der Waals surface area contributed by atoms with Gasteiger partial charge in [0, 0.05) is 87.0 Å². The van der Waals surface area contributed by atoms with Gasteiger partial charge in [0.2, 0.25) is 17.8 Å². The van der Waals surface area contributed by atoms with Crippen molar-refractivity contribution in [2.75, 3.05) is 88.4 Å². The Balaban J connectivity index is 0.833. The minimum atomic E-state index is -2.57. The Hall–Kier alpha value is -5.28. The van der Waals surface area contributed by atoms with Crippen molar-refractivity contribution in [3.63, 3.8) is 0 Å². The molecular weight excluding hydrogens is 848 g/mol. The highest BCUT2D eigenvalue weighted by Crippen LogP contribution is 2.40. The van der Waals surface area contributed by atoms with E-state index in [-0.39, 0.29) is 30.9 Å². The third kappa shape index (κ3) is 9.79. The second-order valence-corrected chi connectivity index (χ2v) is 20.4. The molecule has 18 heteroatoms. The van der Waals surface area contributed by atoms with Gasteiger partial charge >= 0.3 is 0 Å². The van der Waals surface area contributed by atoms with Gasteiger partial charge in [0.1, 0.15) is 42.1 Å². The molecule has 8 rings (SSSR count). The van der Waals surface area contributed by atoms with Crippen molar-refractivity contribution in [2.45, 2.75) is 57.7 Å². The van der Waals surface area contributed by atoms with Crippen LogP contribution in [0.25, 0.3) is 0 Å². The number of benzene rings is 3. The lowest BCUT2D eigenvalue weighted by atomic mass is 9.99. The Kier molecular flexibility index (Phi) is 13.2. The summed E-state index contributed by atoms with van der Waals surface area (Å²) in [6.45, 7) is 12.2. The molecule has 63 heavy (non-hydrogen) atoms. The second-order valence-electron chi connectivity index (χ2n) is 16.8. The standard InChI is InChI=1S/C45H54ClFN9O6P/c1-5-28-22-35(50-45-48-26-33(46)42(52-45)49-34-8-6-7-9-40(34)63(3,4)60)39(61-2)25-37(28)55-14-12-30(13-15-55)54-18-16-53(17-19-54)20-21-62-38-24-29(47)23-31-32(38)27-56(44(31)59)36-10-11-41(57)51-43(36)58/h6-9,22-26,30,36H,5,10-21,27H2,1-4H3,(H,51,57,58)(H2,48,49,50,52). The summed E-state index contributed by atoms with van der Waals surface area (Å²) in [5.74, 6) is -0.142. The van der Waals surface area contributed by atoms with E-state index in [0.717, 1.165) is 69.9 Å². The van der Waals surface area contributed by atoms with Crippen molar-refractivity contribution >= 4 is 70.6 Å². The molecule has 0 bridgehead atoms. The zero-order valence-corrected chi connectivity index (χ0v) is 37.7. The summed E-state index contributed by atoms with van der Waals surface area (Å²) in [5, 5.41) is 9.95. The number of ether oxygens (including phenoxy) is 2. The molecule has 4 aromatic rings. The highest BCUT2D eigenvalue weighted by molar-refractivity contribution is 7.70. The predicted molar refractivity (Wildman–Crippen MR) is 243 cm³/mol. The Morgan fingerprint density at radius 1 is 0.952 bits per heavy atom. The first-order valence-electron chi connectivity index (χ1n) is 21.5. The van der Waals surface area contributed by atoms with Crippen LogP contribution in [0.3, 0.4) is 0 Å². The number of nitrogens with zero attached hydrogens (tertiary/aromatic N) is 6. The van der Waals surface area contributed by atoms with Crippen molar-refractivity contribution in [3.8, 4) is 11.5 Å². The summed E-state index contributed by atoms with van der Waals surface area (Å²) < 4.78 is 39.6. The number of methoxy groups -OCH3 is 1. The van der Waals surface area contributed by atoms with E-state index < -0.39 is 30.8 Å². The first-order valence-corrected chi connectivity index (χ1v) is 24.5. The molecule has 3 saturated heterocycles. The minimum absolute atomic E-state index is 0.129. The van der Waals surface area contributed by atoms with Gasteiger partial charge in [0.15, 0.2) is 5.82 Å². The second kappa shape index (κ2) is 18.8. The zero-order chi connectivity index (χ0) is 44.4. The number of carbonyl (C=O) groups is 3. The van der Waals surface area contributed by atoms with E-state index in [2.05, 4.69) is 59.7 Å². The molecule has 3 fully saturated rings. The van der Waals surface area contributed by atoms with Gasteiger partial charge in [0.05, 0.1) is 36.8 Å². The molecule has 0 spiro atoms. The lowest BCUT2D eigenvalue weighted by molar-refractivity contribution is -0.136. The molecule has 1 atom stereocenters. The average molecular weight is 902 g/mol. The number of imide groups is 1.